The Bertz CT molecular complexity index is 198. The number of carbonyl (C=O) groups is 1. The van der Waals surface area contributed by atoms with E-state index in [1.54, 1.807) is 6.92 Å². The van der Waals surface area contributed by atoms with Gasteiger partial charge in [0.1, 0.15) is 5.78 Å². The smallest absolute Gasteiger partial charge is 0.136 e. The van der Waals surface area contributed by atoms with Crippen molar-refractivity contribution in [2.24, 2.45) is 5.41 Å². The van der Waals surface area contributed by atoms with Crippen molar-refractivity contribution in [2.75, 3.05) is 13.1 Å². The normalized spacial score (nSPS) is 25.1. The lowest BCUT2D eigenvalue weighted by molar-refractivity contribution is -0.125. The van der Waals surface area contributed by atoms with Crippen LogP contribution >= 0.6 is 0 Å². The van der Waals surface area contributed by atoms with Crippen LogP contribution < -0.4 is 0 Å². The molecule has 0 aliphatic carbocycles. The quantitative estimate of drug-likeness (QED) is 0.667. The van der Waals surface area contributed by atoms with Crippen LogP contribution in [-0.2, 0) is 4.79 Å². The summed E-state index contributed by atoms with van der Waals surface area (Å²) >= 11 is 0. The van der Waals surface area contributed by atoms with Gasteiger partial charge in [0.05, 0.1) is 0 Å². The Hall–Kier alpha value is -0.370. The molecule has 0 saturated carbocycles. The molecule has 0 aromatic rings. The molecule has 1 aliphatic rings. The fraction of sp³-hybridized carbons (Fsp3) is 0.909. The van der Waals surface area contributed by atoms with E-state index >= 15 is 0 Å². The summed E-state index contributed by atoms with van der Waals surface area (Å²) in [7, 11) is 0. The summed E-state index contributed by atoms with van der Waals surface area (Å²) in [5, 5.41) is 0. The molecule has 0 spiro atoms. The van der Waals surface area contributed by atoms with Gasteiger partial charge >= 0.3 is 0 Å². The van der Waals surface area contributed by atoms with Crippen LogP contribution in [0, 0.1) is 5.41 Å². The van der Waals surface area contributed by atoms with Gasteiger partial charge in [0.15, 0.2) is 0 Å². The van der Waals surface area contributed by atoms with Crippen LogP contribution in [0.25, 0.3) is 0 Å². The Morgan fingerprint density at radius 3 is 2.54 bits per heavy atom. The van der Waals surface area contributed by atoms with Gasteiger partial charge in [0.2, 0.25) is 0 Å². The summed E-state index contributed by atoms with van der Waals surface area (Å²) in [4.78, 5) is 13.8. The minimum atomic E-state index is -0.168. The van der Waals surface area contributed by atoms with E-state index in [0.717, 1.165) is 13.1 Å². The number of likely N-dealkylation sites (tertiary alicyclic amines) is 1. The Morgan fingerprint density at radius 1 is 1.54 bits per heavy atom. The highest BCUT2D eigenvalue weighted by Gasteiger charge is 2.30. The third-order valence-corrected chi connectivity index (χ3v) is 3.24. The molecule has 1 heterocycles. The summed E-state index contributed by atoms with van der Waals surface area (Å²) in [6.07, 6.45) is 2.57. The predicted molar refractivity (Wildman–Crippen MR) is 54.7 cm³/mol. The molecule has 1 fully saturated rings. The Labute approximate surface area is 81.3 Å². The molecule has 0 bridgehead atoms. The highest BCUT2D eigenvalue weighted by atomic mass is 16.1. The van der Waals surface area contributed by atoms with Crippen molar-refractivity contribution in [3.63, 3.8) is 0 Å². The van der Waals surface area contributed by atoms with Gasteiger partial charge in [-0.1, -0.05) is 13.8 Å². The zero-order valence-corrected chi connectivity index (χ0v) is 9.26. The van der Waals surface area contributed by atoms with Crippen LogP contribution in [0.15, 0.2) is 0 Å². The summed E-state index contributed by atoms with van der Waals surface area (Å²) in [5.74, 6) is 0.298. The van der Waals surface area contributed by atoms with E-state index in [2.05, 4.69) is 11.8 Å². The first-order chi connectivity index (χ1) is 5.93. The number of hydrogen-bond donors (Lipinski definition) is 0. The number of hydrogen-bond acceptors (Lipinski definition) is 2. The number of carbonyl (C=O) groups excluding carboxylic acids is 1. The van der Waals surface area contributed by atoms with Crippen molar-refractivity contribution in [3.05, 3.63) is 0 Å². The monoisotopic (exact) mass is 183 g/mol. The van der Waals surface area contributed by atoms with E-state index in [-0.39, 0.29) is 5.41 Å². The maximum absolute atomic E-state index is 11.3. The molecule has 2 heteroatoms. The van der Waals surface area contributed by atoms with Gasteiger partial charge in [0, 0.05) is 18.0 Å². The second-order valence-electron chi connectivity index (χ2n) is 4.90. The molecule has 0 aromatic heterocycles. The topological polar surface area (TPSA) is 20.3 Å². The molecule has 0 N–H and O–H groups in total. The molecular formula is C11H21NO. The van der Waals surface area contributed by atoms with Crippen LogP contribution in [0.2, 0.25) is 0 Å². The van der Waals surface area contributed by atoms with Gasteiger partial charge in [-0.2, -0.15) is 0 Å². The molecule has 1 aliphatic heterocycles. The van der Waals surface area contributed by atoms with E-state index in [0.29, 0.717) is 11.8 Å². The van der Waals surface area contributed by atoms with Gasteiger partial charge in [-0.05, 0) is 33.2 Å². The minimum Gasteiger partial charge on any atom is -0.300 e. The highest BCUT2D eigenvalue weighted by molar-refractivity contribution is 5.81. The lowest BCUT2D eigenvalue weighted by Gasteiger charge is -2.30. The van der Waals surface area contributed by atoms with Gasteiger partial charge in [-0.25, -0.2) is 0 Å². The largest absolute Gasteiger partial charge is 0.300 e. The zero-order chi connectivity index (χ0) is 10.1. The number of Topliss-reactive ketones (excluding diaryl/α,β-unsaturated/α-hetero) is 1. The first-order valence-electron chi connectivity index (χ1n) is 5.18. The molecule has 2 nitrogen and oxygen atoms in total. The molecule has 0 aromatic carbocycles. The van der Waals surface area contributed by atoms with Crippen LogP contribution in [0.1, 0.15) is 40.5 Å². The van der Waals surface area contributed by atoms with Gasteiger partial charge in [0.25, 0.3) is 0 Å². The van der Waals surface area contributed by atoms with Crippen molar-refractivity contribution in [3.8, 4) is 0 Å². The van der Waals surface area contributed by atoms with Crippen LogP contribution in [0.3, 0.4) is 0 Å². The molecule has 0 radical (unpaired) electrons. The lowest BCUT2D eigenvalue weighted by Crippen LogP contribution is -2.39. The fourth-order valence-electron chi connectivity index (χ4n) is 1.85. The average molecular weight is 183 g/mol. The Balaban J connectivity index is 2.52. The standard InChI is InChI=1S/C11H21NO/c1-9-6-5-7-12(9)8-11(3,4)10(2)13/h9H,5-8H2,1-4H3. The van der Waals surface area contributed by atoms with E-state index < -0.39 is 0 Å². The van der Waals surface area contributed by atoms with Gasteiger partial charge < -0.3 is 0 Å². The van der Waals surface area contributed by atoms with Crippen LogP contribution in [0.4, 0.5) is 0 Å². The van der Waals surface area contributed by atoms with Crippen molar-refractivity contribution >= 4 is 5.78 Å². The molecular weight excluding hydrogens is 162 g/mol. The number of nitrogens with zero attached hydrogens (tertiary/aromatic N) is 1. The second-order valence-corrected chi connectivity index (χ2v) is 4.90. The van der Waals surface area contributed by atoms with Crippen molar-refractivity contribution < 1.29 is 4.79 Å². The molecule has 1 unspecified atom stereocenters. The SMILES string of the molecule is CC(=O)C(C)(C)CN1CCCC1C. The first-order valence-corrected chi connectivity index (χ1v) is 5.18. The fourth-order valence-corrected chi connectivity index (χ4v) is 1.85. The Morgan fingerprint density at radius 2 is 2.15 bits per heavy atom. The zero-order valence-electron chi connectivity index (χ0n) is 9.26. The maximum atomic E-state index is 11.3. The van der Waals surface area contributed by atoms with Crippen LogP contribution in [-0.4, -0.2) is 29.8 Å². The number of ketones is 1. The van der Waals surface area contributed by atoms with Crippen molar-refractivity contribution in [1.29, 1.82) is 0 Å². The van der Waals surface area contributed by atoms with Crippen molar-refractivity contribution in [1.82, 2.24) is 4.90 Å². The van der Waals surface area contributed by atoms with Gasteiger partial charge in [-0.3, -0.25) is 9.69 Å². The minimum absolute atomic E-state index is 0.168. The first kappa shape index (κ1) is 10.7. The number of rotatable bonds is 3. The lowest BCUT2D eigenvalue weighted by atomic mass is 9.88. The average Bonchev–Trinajstić information content (AvgIpc) is 2.35. The van der Waals surface area contributed by atoms with E-state index in [4.69, 9.17) is 0 Å². The summed E-state index contributed by atoms with van der Waals surface area (Å²) < 4.78 is 0. The Kier molecular flexibility index (Phi) is 3.12. The molecule has 0 amide bonds. The van der Waals surface area contributed by atoms with Crippen molar-refractivity contribution in [2.45, 2.75) is 46.6 Å². The maximum Gasteiger partial charge on any atom is 0.136 e. The molecule has 13 heavy (non-hydrogen) atoms. The highest BCUT2D eigenvalue weighted by Crippen LogP contribution is 2.24. The van der Waals surface area contributed by atoms with E-state index in [1.165, 1.54) is 12.8 Å². The molecule has 1 atom stereocenters. The van der Waals surface area contributed by atoms with E-state index in [9.17, 15) is 4.79 Å². The van der Waals surface area contributed by atoms with Gasteiger partial charge in [-0.15, -0.1) is 0 Å². The molecule has 1 rings (SSSR count). The molecule has 1 saturated heterocycles. The summed E-state index contributed by atoms with van der Waals surface area (Å²) in [6.45, 7) is 10.1. The third-order valence-electron chi connectivity index (χ3n) is 3.24. The third kappa shape index (κ3) is 2.53. The molecule has 76 valence electrons. The second kappa shape index (κ2) is 3.79. The van der Waals surface area contributed by atoms with E-state index in [1.807, 2.05) is 13.8 Å². The predicted octanol–water partition coefficient (Wildman–Crippen LogP) is 2.09. The van der Waals surface area contributed by atoms with Crippen LogP contribution in [0.5, 0.6) is 0 Å². The summed E-state index contributed by atoms with van der Waals surface area (Å²) in [5.41, 5.74) is -0.168. The summed E-state index contributed by atoms with van der Waals surface area (Å²) in [6, 6.07) is 0.665.